The molecule has 0 saturated heterocycles. The van der Waals surface area contributed by atoms with E-state index in [1.807, 2.05) is 0 Å². The average Bonchev–Trinajstić information content (AvgIpc) is 2.63. The van der Waals surface area contributed by atoms with Crippen molar-refractivity contribution in [2.75, 3.05) is 0 Å². The van der Waals surface area contributed by atoms with Gasteiger partial charge in [-0.25, -0.2) is 4.79 Å². The minimum Gasteiger partial charge on any atom is -0.475 e. The number of nitrogens with two attached hydrogens (primary N) is 1. The van der Waals surface area contributed by atoms with E-state index in [4.69, 9.17) is 15.3 Å². The number of hydrogen-bond acceptors (Lipinski definition) is 4. The second-order valence-electron chi connectivity index (χ2n) is 3.91. The summed E-state index contributed by atoms with van der Waals surface area (Å²) in [6.07, 6.45) is 0. The molecule has 0 atom stereocenters. The molecule has 4 N–H and O–H groups in total. The van der Waals surface area contributed by atoms with Crippen LogP contribution >= 0.6 is 0 Å². The van der Waals surface area contributed by atoms with Crippen LogP contribution in [0.4, 0.5) is 0 Å². The SMILES string of the molecule is CC(C)(NCc1ccc(C(=O)O)o1)C(N)=O. The van der Waals surface area contributed by atoms with Crippen molar-refractivity contribution in [3.63, 3.8) is 0 Å². The fraction of sp³-hybridized carbons (Fsp3) is 0.400. The lowest BCUT2D eigenvalue weighted by Gasteiger charge is -2.21. The van der Waals surface area contributed by atoms with Crippen LogP contribution in [0.2, 0.25) is 0 Å². The average molecular weight is 226 g/mol. The molecule has 6 nitrogen and oxygen atoms in total. The number of furan rings is 1. The third-order valence-electron chi connectivity index (χ3n) is 2.19. The van der Waals surface area contributed by atoms with E-state index in [-0.39, 0.29) is 12.3 Å². The van der Waals surface area contributed by atoms with E-state index in [1.165, 1.54) is 12.1 Å². The van der Waals surface area contributed by atoms with Gasteiger partial charge in [0.1, 0.15) is 5.76 Å². The highest BCUT2D eigenvalue weighted by Gasteiger charge is 2.24. The van der Waals surface area contributed by atoms with E-state index >= 15 is 0 Å². The van der Waals surface area contributed by atoms with Crippen molar-refractivity contribution in [1.82, 2.24) is 5.32 Å². The second kappa shape index (κ2) is 4.36. The fourth-order valence-corrected chi connectivity index (χ4v) is 0.983. The van der Waals surface area contributed by atoms with Crippen molar-refractivity contribution in [2.45, 2.75) is 25.9 Å². The van der Waals surface area contributed by atoms with E-state index in [9.17, 15) is 9.59 Å². The van der Waals surface area contributed by atoms with E-state index < -0.39 is 17.4 Å². The molecule has 1 aromatic rings. The molecule has 0 saturated carbocycles. The van der Waals surface area contributed by atoms with Crippen molar-refractivity contribution in [1.29, 1.82) is 0 Å². The molecule has 0 unspecified atom stereocenters. The third-order valence-corrected chi connectivity index (χ3v) is 2.19. The summed E-state index contributed by atoms with van der Waals surface area (Å²) in [5.74, 6) is -1.31. The number of rotatable bonds is 5. The molecular weight excluding hydrogens is 212 g/mol. The molecule has 0 bridgehead atoms. The Balaban J connectivity index is 2.61. The number of carboxylic acids is 1. The monoisotopic (exact) mass is 226 g/mol. The van der Waals surface area contributed by atoms with Crippen LogP contribution in [0.15, 0.2) is 16.5 Å². The van der Waals surface area contributed by atoms with Crippen LogP contribution in [0.1, 0.15) is 30.2 Å². The Morgan fingerprint density at radius 3 is 2.56 bits per heavy atom. The summed E-state index contributed by atoms with van der Waals surface area (Å²) < 4.78 is 5.01. The van der Waals surface area contributed by atoms with Crippen molar-refractivity contribution in [3.05, 3.63) is 23.7 Å². The zero-order chi connectivity index (χ0) is 12.3. The normalized spacial score (nSPS) is 11.4. The fourth-order valence-electron chi connectivity index (χ4n) is 0.983. The summed E-state index contributed by atoms with van der Waals surface area (Å²) in [6.45, 7) is 3.51. The second-order valence-corrected chi connectivity index (χ2v) is 3.91. The smallest absolute Gasteiger partial charge is 0.371 e. The first kappa shape index (κ1) is 12.3. The van der Waals surface area contributed by atoms with Gasteiger partial charge in [-0.3, -0.25) is 10.1 Å². The van der Waals surface area contributed by atoms with Gasteiger partial charge < -0.3 is 15.3 Å². The number of carbonyl (C=O) groups is 2. The maximum absolute atomic E-state index is 11.0. The summed E-state index contributed by atoms with van der Waals surface area (Å²) >= 11 is 0. The Kier molecular flexibility index (Phi) is 3.34. The molecular formula is C10H14N2O4. The van der Waals surface area contributed by atoms with Crippen LogP contribution in [0, 0.1) is 0 Å². The van der Waals surface area contributed by atoms with Gasteiger partial charge in [-0.15, -0.1) is 0 Å². The van der Waals surface area contributed by atoms with Gasteiger partial charge in [-0.1, -0.05) is 0 Å². The maximum Gasteiger partial charge on any atom is 0.371 e. The Labute approximate surface area is 92.4 Å². The van der Waals surface area contributed by atoms with Crippen molar-refractivity contribution >= 4 is 11.9 Å². The highest BCUT2D eigenvalue weighted by Crippen LogP contribution is 2.09. The highest BCUT2D eigenvalue weighted by molar-refractivity contribution is 5.84. The molecule has 88 valence electrons. The molecule has 1 heterocycles. The number of amides is 1. The Morgan fingerprint density at radius 1 is 1.50 bits per heavy atom. The van der Waals surface area contributed by atoms with Crippen molar-refractivity contribution < 1.29 is 19.1 Å². The molecule has 0 aliphatic rings. The topological polar surface area (TPSA) is 106 Å². The van der Waals surface area contributed by atoms with E-state index in [0.29, 0.717) is 5.76 Å². The quantitative estimate of drug-likeness (QED) is 0.671. The van der Waals surface area contributed by atoms with Gasteiger partial charge in [-0.2, -0.15) is 0 Å². The number of aromatic carboxylic acids is 1. The molecule has 0 aromatic carbocycles. The van der Waals surface area contributed by atoms with Gasteiger partial charge in [0.05, 0.1) is 12.1 Å². The van der Waals surface area contributed by atoms with Crippen LogP contribution < -0.4 is 11.1 Å². The summed E-state index contributed by atoms with van der Waals surface area (Å²) in [7, 11) is 0. The number of nitrogens with one attached hydrogen (secondary N) is 1. The van der Waals surface area contributed by atoms with Gasteiger partial charge in [0.2, 0.25) is 11.7 Å². The minimum absolute atomic E-state index is 0.131. The Bertz CT molecular complexity index is 409. The molecule has 0 aliphatic carbocycles. The Hall–Kier alpha value is -1.82. The van der Waals surface area contributed by atoms with Gasteiger partial charge in [0.15, 0.2) is 0 Å². The predicted molar refractivity (Wildman–Crippen MR) is 55.8 cm³/mol. The lowest BCUT2D eigenvalue weighted by atomic mass is 10.1. The van der Waals surface area contributed by atoms with Crippen molar-refractivity contribution in [2.24, 2.45) is 5.73 Å². The predicted octanol–water partition coefficient (Wildman–Crippen LogP) is 0.331. The van der Waals surface area contributed by atoms with E-state index in [1.54, 1.807) is 13.8 Å². The molecule has 0 aliphatic heterocycles. The number of hydrogen-bond donors (Lipinski definition) is 3. The van der Waals surface area contributed by atoms with E-state index in [2.05, 4.69) is 5.32 Å². The molecule has 6 heteroatoms. The summed E-state index contributed by atoms with van der Waals surface area (Å²) in [6, 6.07) is 2.89. The molecule has 1 amide bonds. The number of carboxylic acid groups (broad SMARTS) is 1. The number of carbonyl (C=O) groups excluding carboxylic acids is 1. The lowest BCUT2D eigenvalue weighted by molar-refractivity contribution is -0.123. The van der Waals surface area contributed by atoms with E-state index in [0.717, 1.165) is 0 Å². The highest BCUT2D eigenvalue weighted by atomic mass is 16.4. The molecule has 1 rings (SSSR count). The Morgan fingerprint density at radius 2 is 2.12 bits per heavy atom. The van der Waals surface area contributed by atoms with Crippen LogP contribution in [0.5, 0.6) is 0 Å². The van der Waals surface area contributed by atoms with Crippen LogP contribution in [-0.4, -0.2) is 22.5 Å². The first-order valence-corrected chi connectivity index (χ1v) is 4.70. The van der Waals surface area contributed by atoms with Gasteiger partial charge in [0.25, 0.3) is 0 Å². The zero-order valence-corrected chi connectivity index (χ0v) is 9.11. The van der Waals surface area contributed by atoms with Crippen LogP contribution in [0.25, 0.3) is 0 Å². The largest absolute Gasteiger partial charge is 0.475 e. The number of primary amides is 1. The van der Waals surface area contributed by atoms with Gasteiger partial charge in [-0.05, 0) is 26.0 Å². The van der Waals surface area contributed by atoms with Crippen LogP contribution in [-0.2, 0) is 11.3 Å². The lowest BCUT2D eigenvalue weighted by Crippen LogP contribution is -2.50. The third kappa shape index (κ3) is 2.83. The first-order valence-electron chi connectivity index (χ1n) is 4.70. The summed E-state index contributed by atoms with van der Waals surface area (Å²) in [4.78, 5) is 21.5. The van der Waals surface area contributed by atoms with Crippen LogP contribution in [0.3, 0.4) is 0 Å². The van der Waals surface area contributed by atoms with Gasteiger partial charge >= 0.3 is 5.97 Å². The molecule has 0 fully saturated rings. The van der Waals surface area contributed by atoms with Crippen molar-refractivity contribution in [3.8, 4) is 0 Å². The molecule has 0 spiro atoms. The zero-order valence-electron chi connectivity index (χ0n) is 9.11. The summed E-state index contributed by atoms with van der Waals surface area (Å²) in [5, 5.41) is 11.5. The summed E-state index contributed by atoms with van der Waals surface area (Å²) in [5.41, 5.74) is 4.30. The maximum atomic E-state index is 11.0. The van der Waals surface area contributed by atoms with Gasteiger partial charge in [0, 0.05) is 0 Å². The standard InChI is InChI=1S/C10H14N2O4/c1-10(2,9(11)15)12-5-6-3-4-7(16-6)8(13)14/h3-4,12H,5H2,1-2H3,(H2,11,15)(H,13,14). The first-order chi connectivity index (χ1) is 7.33. The molecule has 1 aromatic heterocycles. The minimum atomic E-state index is -1.12. The molecule has 16 heavy (non-hydrogen) atoms. The molecule has 0 radical (unpaired) electrons.